The summed E-state index contributed by atoms with van der Waals surface area (Å²) in [4.78, 5) is 24.1. The molecule has 0 spiro atoms. The van der Waals surface area contributed by atoms with Crippen LogP contribution in [0.2, 0.25) is 0 Å². The third kappa shape index (κ3) is 3.65. The third-order valence-corrected chi connectivity index (χ3v) is 9.20. The Balaban J connectivity index is 1.83. The quantitative estimate of drug-likeness (QED) is 0.393. The number of carbonyl (C=O) groups excluding carboxylic acids is 2. The molecule has 0 aliphatic heterocycles. The van der Waals surface area contributed by atoms with Gasteiger partial charge >= 0.3 is 11.9 Å². The third-order valence-electron chi connectivity index (χ3n) is 9.20. The Morgan fingerprint density at radius 3 is 2.33 bits per heavy atom. The highest BCUT2D eigenvalue weighted by molar-refractivity contribution is 5.87. The molecule has 0 saturated heterocycles. The minimum atomic E-state index is -0.316. The molecule has 0 heterocycles. The number of hydrogen-bond acceptors (Lipinski definition) is 4. The van der Waals surface area contributed by atoms with Crippen LogP contribution in [0.5, 0.6) is 0 Å². The van der Waals surface area contributed by atoms with Crippen molar-refractivity contribution in [3.05, 3.63) is 24.8 Å². The van der Waals surface area contributed by atoms with Crippen LogP contribution in [0, 0.1) is 27.6 Å². The van der Waals surface area contributed by atoms with Gasteiger partial charge in [0.15, 0.2) is 0 Å². The first-order chi connectivity index (χ1) is 13.8. The van der Waals surface area contributed by atoms with Crippen molar-refractivity contribution < 1.29 is 19.1 Å². The van der Waals surface area contributed by atoms with Gasteiger partial charge < -0.3 is 9.47 Å². The number of fused-ring (bicyclic) bond motifs is 2. The van der Waals surface area contributed by atoms with Gasteiger partial charge in [-0.25, -0.2) is 9.59 Å². The van der Waals surface area contributed by atoms with Gasteiger partial charge in [-0.2, -0.15) is 0 Å². The molecule has 168 valence electrons. The molecule has 6 unspecified atom stereocenters. The highest BCUT2D eigenvalue weighted by Gasteiger charge is 2.71. The van der Waals surface area contributed by atoms with Crippen LogP contribution in [0.15, 0.2) is 24.8 Å². The molecule has 3 aliphatic carbocycles. The summed E-state index contributed by atoms with van der Waals surface area (Å²) in [6.07, 6.45) is 8.35. The maximum absolute atomic E-state index is 12.1. The average Bonchev–Trinajstić information content (AvgIpc) is 2.89. The van der Waals surface area contributed by atoms with Gasteiger partial charge in [0.2, 0.25) is 0 Å². The van der Waals surface area contributed by atoms with E-state index in [1.54, 1.807) is 6.92 Å². The van der Waals surface area contributed by atoms with Crippen LogP contribution in [0.4, 0.5) is 0 Å². The van der Waals surface area contributed by atoms with Crippen LogP contribution in [0.3, 0.4) is 0 Å². The predicted molar refractivity (Wildman–Crippen MR) is 119 cm³/mol. The molecule has 4 nitrogen and oxygen atoms in total. The first-order valence-electron chi connectivity index (χ1n) is 11.5. The summed E-state index contributed by atoms with van der Waals surface area (Å²) in [6, 6.07) is 0. The van der Waals surface area contributed by atoms with Crippen molar-refractivity contribution >= 4 is 11.9 Å². The first kappa shape index (κ1) is 23.1. The Hall–Kier alpha value is -1.58. The van der Waals surface area contributed by atoms with E-state index >= 15 is 0 Å². The van der Waals surface area contributed by atoms with Crippen molar-refractivity contribution in [2.45, 2.75) is 98.7 Å². The second-order valence-electron chi connectivity index (χ2n) is 11.7. The van der Waals surface area contributed by atoms with Crippen LogP contribution in [0.1, 0.15) is 86.5 Å². The number of rotatable bonds is 6. The Morgan fingerprint density at radius 2 is 1.73 bits per heavy atom. The van der Waals surface area contributed by atoms with Crippen molar-refractivity contribution in [2.24, 2.45) is 27.6 Å². The second kappa shape index (κ2) is 7.53. The highest BCUT2D eigenvalue weighted by atomic mass is 16.5. The van der Waals surface area contributed by atoms with Crippen molar-refractivity contribution in [1.29, 1.82) is 0 Å². The fraction of sp³-hybridized carbons (Fsp3) is 0.769. The Morgan fingerprint density at radius 1 is 1.07 bits per heavy atom. The van der Waals surface area contributed by atoms with Crippen molar-refractivity contribution in [1.82, 2.24) is 0 Å². The topological polar surface area (TPSA) is 52.6 Å². The summed E-state index contributed by atoms with van der Waals surface area (Å²) in [6.45, 7) is 20.7. The molecule has 0 radical (unpaired) electrons. The van der Waals surface area contributed by atoms with Crippen molar-refractivity contribution in [2.75, 3.05) is 0 Å². The molecular formula is C26H40O4. The Bertz CT molecular complexity index is 752. The van der Waals surface area contributed by atoms with Crippen molar-refractivity contribution in [3.8, 4) is 0 Å². The number of carbonyl (C=O) groups is 2. The number of ether oxygens (including phenoxy) is 2. The van der Waals surface area contributed by atoms with Crippen molar-refractivity contribution in [3.63, 3.8) is 0 Å². The molecule has 0 aromatic heterocycles. The largest absolute Gasteiger partial charge is 0.459 e. The summed E-state index contributed by atoms with van der Waals surface area (Å²) in [7, 11) is 0. The molecule has 6 atom stereocenters. The van der Waals surface area contributed by atoms with Gasteiger partial charge in [0.05, 0.1) is 0 Å². The lowest BCUT2D eigenvalue weighted by Gasteiger charge is -2.49. The van der Waals surface area contributed by atoms with E-state index in [2.05, 4.69) is 47.8 Å². The van der Waals surface area contributed by atoms with Gasteiger partial charge in [-0.3, -0.25) is 0 Å². The number of hydrogen-bond donors (Lipinski definition) is 0. The van der Waals surface area contributed by atoms with Gasteiger partial charge in [-0.1, -0.05) is 47.8 Å². The molecule has 0 N–H and O–H groups in total. The summed E-state index contributed by atoms with van der Waals surface area (Å²) in [5.41, 5.74) is 0.734. The molecule has 3 saturated carbocycles. The van der Waals surface area contributed by atoms with Gasteiger partial charge in [0.25, 0.3) is 0 Å². The van der Waals surface area contributed by atoms with Crippen LogP contribution in [-0.4, -0.2) is 24.1 Å². The maximum atomic E-state index is 12.1. The molecule has 0 aromatic carbocycles. The zero-order valence-corrected chi connectivity index (χ0v) is 19.8. The van der Waals surface area contributed by atoms with E-state index < -0.39 is 0 Å². The van der Waals surface area contributed by atoms with Gasteiger partial charge in [0.1, 0.15) is 12.2 Å². The molecule has 2 bridgehead atoms. The van der Waals surface area contributed by atoms with E-state index in [0.29, 0.717) is 11.5 Å². The smallest absolute Gasteiger partial charge is 0.333 e. The van der Waals surface area contributed by atoms with Gasteiger partial charge in [-0.05, 0) is 74.0 Å². The lowest BCUT2D eigenvalue weighted by molar-refractivity contribution is -0.150. The minimum absolute atomic E-state index is 0.0197. The monoisotopic (exact) mass is 416 g/mol. The lowest BCUT2D eigenvalue weighted by atomic mass is 9.56. The van der Waals surface area contributed by atoms with E-state index in [0.717, 1.165) is 38.5 Å². The van der Waals surface area contributed by atoms with E-state index in [4.69, 9.17) is 9.47 Å². The zero-order valence-electron chi connectivity index (χ0n) is 19.8. The van der Waals surface area contributed by atoms with Crippen LogP contribution in [-0.2, 0) is 19.1 Å². The molecule has 3 rings (SSSR count). The SMILES string of the molecule is C=CC(=O)OC1CC2(CC3(C)CC(C)CC(OC(=O)C(=C)C)C3)CCC1(C)C2(C)C. The zero-order chi connectivity index (χ0) is 22.5. The standard InChI is InChI=1S/C26H40O4/c1-9-21(27)30-20-15-26(11-10-25(20,8)23(26,5)6)16-24(7)13-18(4)12-19(14-24)29-22(28)17(2)3/h9,18-20H,1-2,10-16H2,3-8H3. The van der Waals surface area contributed by atoms with Crippen LogP contribution in [0.25, 0.3) is 0 Å². The predicted octanol–water partition coefficient (Wildman–Crippen LogP) is 6.00. The minimum Gasteiger partial charge on any atom is -0.459 e. The average molecular weight is 417 g/mol. The molecule has 3 aliphatic rings. The molecule has 0 amide bonds. The fourth-order valence-corrected chi connectivity index (χ4v) is 7.36. The van der Waals surface area contributed by atoms with Gasteiger partial charge in [0, 0.05) is 17.1 Å². The summed E-state index contributed by atoms with van der Waals surface area (Å²) in [5.74, 6) is -0.0839. The van der Waals surface area contributed by atoms with E-state index in [1.807, 2.05) is 0 Å². The Kier molecular flexibility index (Phi) is 5.79. The van der Waals surface area contributed by atoms with Gasteiger partial charge in [-0.15, -0.1) is 0 Å². The maximum Gasteiger partial charge on any atom is 0.333 e. The summed E-state index contributed by atoms with van der Waals surface area (Å²) >= 11 is 0. The highest BCUT2D eigenvalue weighted by Crippen LogP contribution is 2.75. The van der Waals surface area contributed by atoms with Crippen LogP contribution >= 0.6 is 0 Å². The lowest BCUT2D eigenvalue weighted by Crippen LogP contribution is -2.43. The second-order valence-corrected chi connectivity index (χ2v) is 11.7. The van der Waals surface area contributed by atoms with E-state index in [1.165, 1.54) is 12.5 Å². The number of esters is 2. The molecule has 3 fully saturated rings. The molecular weight excluding hydrogens is 376 g/mol. The normalized spacial score (nSPS) is 41.9. The summed E-state index contributed by atoms with van der Waals surface area (Å²) in [5, 5.41) is 0. The molecule has 4 heteroatoms. The van der Waals surface area contributed by atoms with E-state index in [-0.39, 0.29) is 45.8 Å². The summed E-state index contributed by atoms with van der Waals surface area (Å²) < 4.78 is 11.7. The Labute approximate surface area is 182 Å². The van der Waals surface area contributed by atoms with E-state index in [9.17, 15) is 9.59 Å². The molecule has 30 heavy (non-hydrogen) atoms. The first-order valence-corrected chi connectivity index (χ1v) is 11.5. The van der Waals surface area contributed by atoms with Crippen LogP contribution < -0.4 is 0 Å². The fourth-order valence-electron chi connectivity index (χ4n) is 7.36. The molecule has 0 aromatic rings.